The van der Waals surface area contributed by atoms with Crippen LogP contribution in [0.1, 0.15) is 44.7 Å². The summed E-state index contributed by atoms with van der Waals surface area (Å²) in [4.78, 5) is 0. The van der Waals surface area contributed by atoms with Crippen LogP contribution >= 0.6 is 0 Å². The normalized spacial score (nSPS) is 14.6. The molecule has 1 aromatic rings. The molecule has 2 nitrogen and oxygen atoms in total. The quantitative estimate of drug-likeness (QED) is 0.712. The summed E-state index contributed by atoms with van der Waals surface area (Å²) >= 11 is 0. The summed E-state index contributed by atoms with van der Waals surface area (Å²) in [7, 11) is 0. The zero-order valence-electron chi connectivity index (χ0n) is 11.3. The molecule has 0 radical (unpaired) electrons. The predicted molar refractivity (Wildman–Crippen MR) is 73.2 cm³/mol. The summed E-state index contributed by atoms with van der Waals surface area (Å²) in [6, 6.07) is 8.36. The second-order valence-corrected chi connectivity index (χ2v) is 4.82. The Hall–Kier alpha value is -0.860. The monoisotopic (exact) mass is 235 g/mol. The Labute approximate surface area is 105 Å². The van der Waals surface area contributed by atoms with Gasteiger partial charge in [-0.1, -0.05) is 44.5 Å². The van der Waals surface area contributed by atoms with Crippen LogP contribution in [0.5, 0.6) is 0 Å². The molecule has 0 aliphatic carbocycles. The summed E-state index contributed by atoms with van der Waals surface area (Å²) in [5.41, 5.74) is 1.63. The third-order valence-corrected chi connectivity index (χ3v) is 3.15. The number of nitrogens with one attached hydrogen (secondary N) is 1. The SMILES string of the molecule is CCCc1ccc(C(C)(O)CCNCC)cc1. The molecule has 0 aliphatic heterocycles. The molecule has 17 heavy (non-hydrogen) atoms. The van der Waals surface area contributed by atoms with Gasteiger partial charge in [-0.15, -0.1) is 0 Å². The molecule has 2 N–H and O–H groups in total. The van der Waals surface area contributed by atoms with Crippen molar-refractivity contribution in [2.24, 2.45) is 0 Å². The molecule has 1 aromatic carbocycles. The molecule has 0 aliphatic rings. The Morgan fingerprint density at radius 3 is 2.35 bits per heavy atom. The number of aliphatic hydroxyl groups is 1. The lowest BCUT2D eigenvalue weighted by Crippen LogP contribution is -2.27. The van der Waals surface area contributed by atoms with E-state index in [0.717, 1.165) is 37.9 Å². The largest absolute Gasteiger partial charge is 0.385 e. The first-order chi connectivity index (χ1) is 8.10. The van der Waals surface area contributed by atoms with Crippen molar-refractivity contribution in [2.75, 3.05) is 13.1 Å². The summed E-state index contributed by atoms with van der Waals surface area (Å²) in [5, 5.41) is 13.6. The van der Waals surface area contributed by atoms with Gasteiger partial charge in [0, 0.05) is 0 Å². The maximum atomic E-state index is 10.4. The number of rotatable bonds is 7. The highest BCUT2D eigenvalue weighted by Gasteiger charge is 2.21. The third-order valence-electron chi connectivity index (χ3n) is 3.15. The molecule has 2 heteroatoms. The fourth-order valence-corrected chi connectivity index (χ4v) is 1.97. The highest BCUT2D eigenvalue weighted by Crippen LogP contribution is 2.24. The zero-order valence-corrected chi connectivity index (χ0v) is 11.3. The minimum absolute atomic E-state index is 0.729. The van der Waals surface area contributed by atoms with Crippen molar-refractivity contribution in [3.05, 3.63) is 35.4 Å². The molecule has 0 fully saturated rings. The molecule has 0 bridgehead atoms. The van der Waals surface area contributed by atoms with Crippen molar-refractivity contribution < 1.29 is 5.11 Å². The van der Waals surface area contributed by atoms with E-state index in [4.69, 9.17) is 0 Å². The second-order valence-electron chi connectivity index (χ2n) is 4.82. The van der Waals surface area contributed by atoms with Gasteiger partial charge in [-0.05, 0) is 44.0 Å². The van der Waals surface area contributed by atoms with Gasteiger partial charge in [-0.2, -0.15) is 0 Å². The van der Waals surface area contributed by atoms with Crippen molar-refractivity contribution in [2.45, 2.75) is 45.6 Å². The maximum Gasteiger partial charge on any atom is 0.0880 e. The van der Waals surface area contributed by atoms with Gasteiger partial charge >= 0.3 is 0 Å². The predicted octanol–water partition coefficient (Wildman–Crippen LogP) is 2.85. The molecule has 0 amide bonds. The molecule has 0 saturated carbocycles. The van der Waals surface area contributed by atoms with Crippen molar-refractivity contribution >= 4 is 0 Å². The van der Waals surface area contributed by atoms with E-state index in [0.29, 0.717) is 0 Å². The summed E-state index contributed by atoms with van der Waals surface area (Å²) < 4.78 is 0. The van der Waals surface area contributed by atoms with Gasteiger partial charge in [0.05, 0.1) is 5.60 Å². The van der Waals surface area contributed by atoms with Crippen LogP contribution in [0.4, 0.5) is 0 Å². The Morgan fingerprint density at radius 2 is 1.82 bits per heavy atom. The van der Waals surface area contributed by atoms with Crippen LogP contribution in [0, 0.1) is 0 Å². The minimum Gasteiger partial charge on any atom is -0.385 e. The zero-order chi connectivity index (χ0) is 12.7. The van der Waals surface area contributed by atoms with Gasteiger partial charge in [-0.3, -0.25) is 0 Å². The number of hydrogen-bond acceptors (Lipinski definition) is 2. The van der Waals surface area contributed by atoms with Crippen LogP contribution in [0.25, 0.3) is 0 Å². The molecule has 0 heterocycles. The van der Waals surface area contributed by atoms with Gasteiger partial charge in [0.2, 0.25) is 0 Å². The Kier molecular flexibility index (Phi) is 5.66. The van der Waals surface area contributed by atoms with Crippen molar-refractivity contribution in [3.8, 4) is 0 Å². The average molecular weight is 235 g/mol. The van der Waals surface area contributed by atoms with Crippen LogP contribution < -0.4 is 5.32 Å². The van der Waals surface area contributed by atoms with Crippen LogP contribution in [-0.4, -0.2) is 18.2 Å². The third kappa shape index (κ3) is 4.49. The Morgan fingerprint density at radius 1 is 1.18 bits per heavy atom. The lowest BCUT2D eigenvalue weighted by Gasteiger charge is -2.24. The first kappa shape index (κ1) is 14.2. The fourth-order valence-electron chi connectivity index (χ4n) is 1.97. The molecular weight excluding hydrogens is 210 g/mol. The summed E-state index contributed by atoms with van der Waals surface area (Å²) in [5.74, 6) is 0. The van der Waals surface area contributed by atoms with E-state index in [1.54, 1.807) is 0 Å². The van der Waals surface area contributed by atoms with E-state index in [1.165, 1.54) is 5.56 Å². The molecule has 0 spiro atoms. The minimum atomic E-state index is -0.729. The molecule has 96 valence electrons. The van der Waals surface area contributed by atoms with Crippen LogP contribution in [-0.2, 0) is 12.0 Å². The van der Waals surface area contributed by atoms with Gasteiger partial charge in [0.25, 0.3) is 0 Å². The van der Waals surface area contributed by atoms with Crippen molar-refractivity contribution in [1.29, 1.82) is 0 Å². The second kappa shape index (κ2) is 6.77. The number of benzene rings is 1. The van der Waals surface area contributed by atoms with Crippen LogP contribution in [0.2, 0.25) is 0 Å². The molecule has 0 saturated heterocycles. The lowest BCUT2D eigenvalue weighted by atomic mass is 9.91. The van der Waals surface area contributed by atoms with Crippen molar-refractivity contribution in [1.82, 2.24) is 5.32 Å². The maximum absolute atomic E-state index is 10.4. The molecular formula is C15H25NO. The van der Waals surface area contributed by atoms with Gasteiger partial charge in [0.15, 0.2) is 0 Å². The molecule has 1 rings (SSSR count). The van der Waals surface area contributed by atoms with Gasteiger partial charge in [0.1, 0.15) is 0 Å². The molecule has 0 aromatic heterocycles. The van der Waals surface area contributed by atoms with E-state index in [-0.39, 0.29) is 0 Å². The van der Waals surface area contributed by atoms with Crippen molar-refractivity contribution in [3.63, 3.8) is 0 Å². The van der Waals surface area contributed by atoms with Gasteiger partial charge in [-0.25, -0.2) is 0 Å². The standard InChI is InChI=1S/C15H25NO/c1-4-6-13-7-9-14(10-8-13)15(3,17)11-12-16-5-2/h7-10,16-17H,4-6,11-12H2,1-3H3. The first-order valence-corrected chi connectivity index (χ1v) is 6.62. The van der Waals surface area contributed by atoms with E-state index in [9.17, 15) is 5.11 Å². The van der Waals surface area contributed by atoms with Crippen LogP contribution in [0.15, 0.2) is 24.3 Å². The van der Waals surface area contributed by atoms with Crippen LogP contribution in [0.3, 0.4) is 0 Å². The van der Waals surface area contributed by atoms with E-state index in [2.05, 4.69) is 43.4 Å². The molecule has 1 atom stereocenters. The van der Waals surface area contributed by atoms with Gasteiger partial charge < -0.3 is 10.4 Å². The summed E-state index contributed by atoms with van der Waals surface area (Å²) in [6.07, 6.45) is 3.02. The molecule has 1 unspecified atom stereocenters. The Balaban J connectivity index is 2.63. The van der Waals surface area contributed by atoms with E-state index < -0.39 is 5.60 Å². The topological polar surface area (TPSA) is 32.3 Å². The Bertz CT molecular complexity index is 316. The van der Waals surface area contributed by atoms with E-state index >= 15 is 0 Å². The average Bonchev–Trinajstić information content (AvgIpc) is 2.30. The lowest BCUT2D eigenvalue weighted by molar-refractivity contribution is 0.0481. The number of hydrogen-bond donors (Lipinski definition) is 2. The summed E-state index contributed by atoms with van der Waals surface area (Å²) in [6.45, 7) is 7.94. The number of aryl methyl sites for hydroxylation is 1. The fraction of sp³-hybridized carbons (Fsp3) is 0.600. The first-order valence-electron chi connectivity index (χ1n) is 6.62. The highest BCUT2D eigenvalue weighted by atomic mass is 16.3. The van der Waals surface area contributed by atoms with E-state index in [1.807, 2.05) is 6.92 Å². The smallest absolute Gasteiger partial charge is 0.0880 e. The highest BCUT2D eigenvalue weighted by molar-refractivity contribution is 5.26.